The summed E-state index contributed by atoms with van der Waals surface area (Å²) in [5.41, 5.74) is 10.2. The number of nitrogens with zero attached hydrogens (tertiary/aromatic N) is 1. The lowest BCUT2D eigenvalue weighted by molar-refractivity contribution is 0.205. The minimum absolute atomic E-state index is 0.0408. The highest BCUT2D eigenvalue weighted by Gasteiger charge is 2.28. The van der Waals surface area contributed by atoms with E-state index >= 15 is 0 Å². The van der Waals surface area contributed by atoms with E-state index in [1.54, 1.807) is 6.07 Å². The lowest BCUT2D eigenvalue weighted by Gasteiger charge is -2.28. The summed E-state index contributed by atoms with van der Waals surface area (Å²) in [6, 6.07) is 10.1. The lowest BCUT2D eigenvalue weighted by Crippen LogP contribution is -2.28. The summed E-state index contributed by atoms with van der Waals surface area (Å²) in [4.78, 5) is 0. The Labute approximate surface area is 161 Å². The van der Waals surface area contributed by atoms with Crippen molar-refractivity contribution in [3.8, 4) is 17.2 Å². The Kier molecular flexibility index (Phi) is 4.81. The predicted octanol–water partition coefficient (Wildman–Crippen LogP) is 3.05. The first kappa shape index (κ1) is 17.5. The Hall–Kier alpha value is -2.87. The summed E-state index contributed by atoms with van der Waals surface area (Å²) in [7, 11) is 0. The number of halogens is 1. The number of hydrogen-bond acceptors (Lipinski definition) is 5. The topological polar surface area (TPSA) is 78.1 Å². The zero-order chi connectivity index (χ0) is 18.8. The van der Waals surface area contributed by atoms with Crippen LogP contribution in [0, 0.1) is 5.82 Å². The molecule has 1 atom stereocenters. The number of hydrogen-bond donors (Lipinski definition) is 2. The molecule has 3 N–H and O–H groups in total. The smallest absolute Gasteiger partial charge is 0.184 e. The fourth-order valence-corrected chi connectivity index (χ4v) is 3.15. The molecule has 0 spiro atoms. The maximum atomic E-state index is 13.7. The van der Waals surface area contributed by atoms with Crippen molar-refractivity contribution in [3.05, 3.63) is 53.3 Å². The van der Waals surface area contributed by atoms with Gasteiger partial charge in [-0.05, 0) is 48.1 Å². The normalized spacial score (nSPS) is 19.6. The standard InChI is InChI=1S/C19H18FN3O3S/c20-12-3-5-15-13(9-12)14(22-23-19(21)27)10-17(26-15)11-2-4-16-18(8-11)25-7-1-6-24-16/h2-5,8-9,17H,1,6-7,10H2,(H3,21,23,27)/b22-14-/t17-/m1/s1. The monoisotopic (exact) mass is 387 g/mol. The van der Waals surface area contributed by atoms with Crippen LogP contribution in [0.2, 0.25) is 0 Å². The highest BCUT2D eigenvalue weighted by molar-refractivity contribution is 7.80. The van der Waals surface area contributed by atoms with Gasteiger partial charge in [-0.2, -0.15) is 5.10 Å². The van der Waals surface area contributed by atoms with Crippen molar-refractivity contribution in [3.63, 3.8) is 0 Å². The Morgan fingerprint density at radius 2 is 1.89 bits per heavy atom. The van der Waals surface area contributed by atoms with E-state index < -0.39 is 0 Å². The van der Waals surface area contributed by atoms with Gasteiger partial charge in [0, 0.05) is 18.4 Å². The number of rotatable bonds is 2. The maximum absolute atomic E-state index is 13.7. The van der Waals surface area contributed by atoms with E-state index in [0.717, 1.165) is 17.7 Å². The summed E-state index contributed by atoms with van der Waals surface area (Å²) in [6.07, 6.45) is 0.947. The molecule has 4 rings (SSSR count). The van der Waals surface area contributed by atoms with Crippen molar-refractivity contribution < 1.29 is 18.6 Å². The van der Waals surface area contributed by atoms with Crippen LogP contribution in [0.5, 0.6) is 17.2 Å². The fourth-order valence-electron chi connectivity index (χ4n) is 3.11. The molecular formula is C19H18FN3O3S. The molecule has 2 aliphatic rings. The minimum atomic E-state index is -0.366. The van der Waals surface area contributed by atoms with Gasteiger partial charge in [0.2, 0.25) is 0 Å². The third-order valence-corrected chi connectivity index (χ3v) is 4.44. The molecule has 0 saturated heterocycles. The number of nitrogens with one attached hydrogen (secondary N) is 1. The SMILES string of the molecule is NC(=S)N/N=C1/C[C@H](c2ccc3c(c2)OCCCO3)Oc2ccc(F)cc21. The zero-order valence-electron chi connectivity index (χ0n) is 14.4. The summed E-state index contributed by atoms with van der Waals surface area (Å²) in [5, 5.41) is 4.28. The molecule has 140 valence electrons. The molecule has 8 heteroatoms. The number of ether oxygens (including phenoxy) is 3. The molecule has 6 nitrogen and oxygen atoms in total. The van der Waals surface area contributed by atoms with Gasteiger partial charge in [-0.25, -0.2) is 4.39 Å². The van der Waals surface area contributed by atoms with E-state index in [1.165, 1.54) is 12.1 Å². The highest BCUT2D eigenvalue weighted by atomic mass is 32.1. The van der Waals surface area contributed by atoms with E-state index in [2.05, 4.69) is 10.5 Å². The largest absolute Gasteiger partial charge is 0.490 e. The second-order valence-electron chi connectivity index (χ2n) is 6.24. The number of thiocarbonyl (C=S) groups is 1. The summed E-state index contributed by atoms with van der Waals surface area (Å²) < 4.78 is 31.2. The first-order valence-corrected chi connectivity index (χ1v) is 8.99. The van der Waals surface area contributed by atoms with Gasteiger partial charge in [-0.3, -0.25) is 5.43 Å². The van der Waals surface area contributed by atoms with E-state index in [9.17, 15) is 4.39 Å². The van der Waals surface area contributed by atoms with Crippen molar-refractivity contribution in [2.75, 3.05) is 13.2 Å². The van der Waals surface area contributed by atoms with Crippen molar-refractivity contribution >= 4 is 23.0 Å². The zero-order valence-corrected chi connectivity index (χ0v) is 15.2. The Balaban J connectivity index is 1.68. The average molecular weight is 387 g/mol. The quantitative estimate of drug-likeness (QED) is 0.609. The fraction of sp³-hybridized carbons (Fsp3) is 0.263. The van der Waals surface area contributed by atoms with Gasteiger partial charge >= 0.3 is 0 Å². The van der Waals surface area contributed by atoms with Crippen LogP contribution in [-0.2, 0) is 0 Å². The van der Waals surface area contributed by atoms with E-state index in [4.69, 9.17) is 32.2 Å². The molecule has 2 aromatic carbocycles. The van der Waals surface area contributed by atoms with E-state index in [0.29, 0.717) is 42.4 Å². The van der Waals surface area contributed by atoms with Crippen LogP contribution in [-0.4, -0.2) is 24.0 Å². The van der Waals surface area contributed by atoms with Crippen LogP contribution in [0.3, 0.4) is 0 Å². The summed E-state index contributed by atoms with van der Waals surface area (Å²) in [5.74, 6) is 1.59. The molecule has 2 aliphatic heterocycles. The molecule has 2 heterocycles. The van der Waals surface area contributed by atoms with Crippen LogP contribution in [0.15, 0.2) is 41.5 Å². The number of nitrogens with two attached hydrogens (primary N) is 1. The van der Waals surface area contributed by atoms with Crippen LogP contribution < -0.4 is 25.4 Å². The molecule has 0 saturated carbocycles. The van der Waals surface area contributed by atoms with Gasteiger partial charge in [-0.1, -0.05) is 6.07 Å². The third kappa shape index (κ3) is 3.80. The molecule has 2 aromatic rings. The van der Waals surface area contributed by atoms with Gasteiger partial charge in [0.1, 0.15) is 17.7 Å². The summed E-state index contributed by atoms with van der Waals surface area (Å²) in [6.45, 7) is 1.24. The van der Waals surface area contributed by atoms with E-state index in [-0.39, 0.29) is 17.0 Å². The molecule has 0 radical (unpaired) electrons. The second-order valence-corrected chi connectivity index (χ2v) is 6.68. The predicted molar refractivity (Wildman–Crippen MR) is 103 cm³/mol. The van der Waals surface area contributed by atoms with Crippen molar-refractivity contribution in [1.29, 1.82) is 0 Å². The molecule has 0 aliphatic carbocycles. The van der Waals surface area contributed by atoms with Crippen LogP contribution in [0.4, 0.5) is 4.39 Å². The molecule has 0 bridgehead atoms. The van der Waals surface area contributed by atoms with E-state index in [1.807, 2.05) is 18.2 Å². The second kappa shape index (κ2) is 7.40. The van der Waals surface area contributed by atoms with Gasteiger partial charge in [0.15, 0.2) is 16.6 Å². The van der Waals surface area contributed by atoms with Crippen molar-refractivity contribution in [2.45, 2.75) is 18.9 Å². The average Bonchev–Trinajstić information content (AvgIpc) is 2.90. The van der Waals surface area contributed by atoms with Gasteiger partial charge in [0.25, 0.3) is 0 Å². The van der Waals surface area contributed by atoms with Gasteiger partial charge in [0.05, 0.1) is 18.9 Å². The molecule has 27 heavy (non-hydrogen) atoms. The Morgan fingerprint density at radius 3 is 2.70 bits per heavy atom. The third-order valence-electron chi connectivity index (χ3n) is 4.34. The van der Waals surface area contributed by atoms with Gasteiger partial charge < -0.3 is 19.9 Å². The minimum Gasteiger partial charge on any atom is -0.490 e. The molecule has 0 fully saturated rings. The molecule has 0 aromatic heterocycles. The summed E-state index contributed by atoms with van der Waals surface area (Å²) >= 11 is 4.81. The first-order chi connectivity index (χ1) is 13.1. The Bertz CT molecular complexity index is 919. The van der Waals surface area contributed by atoms with Crippen LogP contribution >= 0.6 is 12.2 Å². The van der Waals surface area contributed by atoms with Crippen LogP contribution in [0.25, 0.3) is 0 Å². The van der Waals surface area contributed by atoms with Gasteiger partial charge in [-0.15, -0.1) is 0 Å². The molecule has 0 amide bonds. The Morgan fingerprint density at radius 1 is 1.11 bits per heavy atom. The lowest BCUT2D eigenvalue weighted by atomic mass is 9.95. The molecule has 0 unspecified atom stereocenters. The van der Waals surface area contributed by atoms with Crippen molar-refractivity contribution in [1.82, 2.24) is 5.43 Å². The maximum Gasteiger partial charge on any atom is 0.184 e. The first-order valence-electron chi connectivity index (χ1n) is 8.58. The number of benzene rings is 2. The highest BCUT2D eigenvalue weighted by Crippen LogP contribution is 2.39. The van der Waals surface area contributed by atoms with Crippen LogP contribution in [0.1, 0.15) is 30.1 Å². The van der Waals surface area contributed by atoms with Crippen molar-refractivity contribution in [2.24, 2.45) is 10.8 Å². The number of hydrazone groups is 1. The molecular weight excluding hydrogens is 369 g/mol. The number of fused-ring (bicyclic) bond motifs is 2.